The van der Waals surface area contributed by atoms with E-state index in [1.165, 1.54) is 0 Å². The van der Waals surface area contributed by atoms with Crippen molar-refractivity contribution in [1.82, 2.24) is 9.88 Å². The third-order valence-electron chi connectivity index (χ3n) is 4.08. The minimum atomic E-state index is -0.374. The van der Waals surface area contributed by atoms with Crippen LogP contribution in [0.25, 0.3) is 22.0 Å². The van der Waals surface area contributed by atoms with Crippen molar-refractivity contribution in [1.29, 1.82) is 0 Å². The Morgan fingerprint density at radius 2 is 1.83 bits per heavy atom. The van der Waals surface area contributed by atoms with Crippen LogP contribution in [0.2, 0.25) is 5.02 Å². The molecule has 1 aliphatic heterocycles. The number of halogens is 2. The van der Waals surface area contributed by atoms with E-state index >= 15 is 0 Å². The van der Waals surface area contributed by atoms with Crippen molar-refractivity contribution in [2.75, 3.05) is 0 Å². The fourth-order valence-electron chi connectivity index (χ4n) is 3.08. The molecule has 0 spiro atoms. The first-order valence-corrected chi connectivity index (χ1v) is 8.37. The number of aromatic nitrogens is 1. The van der Waals surface area contributed by atoms with Crippen LogP contribution in [0.3, 0.4) is 0 Å². The number of hydrogen-bond donors (Lipinski definition) is 1. The second-order valence-electron chi connectivity index (χ2n) is 5.42. The molecule has 0 aliphatic carbocycles. The molecule has 2 amide bonds. The molecule has 0 saturated heterocycles. The molecule has 4 nitrogen and oxygen atoms in total. The van der Waals surface area contributed by atoms with Crippen LogP contribution in [0.4, 0.5) is 0 Å². The minimum absolute atomic E-state index is 0. The molecule has 23 heavy (non-hydrogen) atoms. The van der Waals surface area contributed by atoms with Crippen LogP contribution in [0.5, 0.6) is 0 Å². The lowest BCUT2D eigenvalue weighted by molar-refractivity contribution is 0.0880. The van der Waals surface area contributed by atoms with E-state index in [1.54, 1.807) is 6.07 Å². The van der Waals surface area contributed by atoms with Crippen molar-refractivity contribution in [2.45, 2.75) is 0 Å². The number of benzene rings is 2. The van der Waals surface area contributed by atoms with Crippen molar-refractivity contribution in [3.05, 3.63) is 56.2 Å². The van der Waals surface area contributed by atoms with Gasteiger partial charge in [0.1, 0.15) is 0 Å². The number of carbonyl (C=O) groups excluding carboxylic acids is 2. The Hall–Kier alpha value is -1.86. The topological polar surface area (TPSA) is 51.1 Å². The van der Waals surface area contributed by atoms with Gasteiger partial charge < -0.3 is 4.57 Å². The second kappa shape index (κ2) is 5.07. The SMILES string of the molecule is Cn1cc(I)c2c3c(c(-c4ccccc4Cl)cc21)C(=O)NC3=O.[HH]. The number of rotatable bonds is 1. The summed E-state index contributed by atoms with van der Waals surface area (Å²) >= 11 is 8.50. The van der Waals surface area contributed by atoms with Crippen molar-refractivity contribution in [2.24, 2.45) is 7.05 Å². The zero-order chi connectivity index (χ0) is 16.3. The normalized spacial score (nSPS) is 13.5. The number of aryl methyl sites for hydroxylation is 1. The number of carbonyl (C=O) groups is 2. The summed E-state index contributed by atoms with van der Waals surface area (Å²) in [6.45, 7) is 0. The molecule has 3 aromatic rings. The quantitative estimate of drug-likeness (QED) is 0.457. The summed E-state index contributed by atoms with van der Waals surface area (Å²) in [4.78, 5) is 24.7. The van der Waals surface area contributed by atoms with Crippen molar-refractivity contribution in [3.8, 4) is 11.1 Å². The number of hydrogen-bond acceptors (Lipinski definition) is 2. The van der Waals surface area contributed by atoms with Gasteiger partial charge >= 0.3 is 0 Å². The fourth-order valence-corrected chi connectivity index (χ4v) is 4.28. The number of nitrogens with one attached hydrogen (secondary N) is 1. The maximum absolute atomic E-state index is 12.4. The molecule has 1 aromatic heterocycles. The molecule has 0 radical (unpaired) electrons. The van der Waals surface area contributed by atoms with Gasteiger partial charge in [0, 0.05) is 34.2 Å². The van der Waals surface area contributed by atoms with Gasteiger partial charge in [-0.3, -0.25) is 14.9 Å². The molecule has 0 unspecified atom stereocenters. The van der Waals surface area contributed by atoms with Gasteiger partial charge in [0.15, 0.2) is 0 Å². The lowest BCUT2D eigenvalue weighted by Crippen LogP contribution is -2.20. The van der Waals surface area contributed by atoms with E-state index in [0.29, 0.717) is 21.7 Å². The first-order chi connectivity index (χ1) is 11.0. The molecule has 6 heteroatoms. The van der Waals surface area contributed by atoms with Gasteiger partial charge in [0.2, 0.25) is 0 Å². The second-order valence-corrected chi connectivity index (χ2v) is 6.99. The fraction of sp³-hybridized carbons (Fsp3) is 0.0588. The third kappa shape index (κ3) is 2.03. The molecule has 116 valence electrons. The highest BCUT2D eigenvalue weighted by Crippen LogP contribution is 2.39. The molecule has 2 aromatic carbocycles. The monoisotopic (exact) mass is 438 g/mol. The summed E-state index contributed by atoms with van der Waals surface area (Å²) in [6, 6.07) is 9.25. The summed E-state index contributed by atoms with van der Waals surface area (Å²) in [5, 5.41) is 3.76. The van der Waals surface area contributed by atoms with Crippen molar-refractivity contribution in [3.63, 3.8) is 0 Å². The third-order valence-corrected chi connectivity index (χ3v) is 5.23. The minimum Gasteiger partial charge on any atom is -0.349 e. The molecule has 1 N–H and O–H groups in total. The Labute approximate surface area is 152 Å². The predicted molar refractivity (Wildman–Crippen MR) is 100.0 cm³/mol. The molecule has 0 atom stereocenters. The largest absolute Gasteiger partial charge is 0.349 e. The van der Waals surface area contributed by atoms with Gasteiger partial charge in [0.25, 0.3) is 11.8 Å². The highest BCUT2D eigenvalue weighted by Gasteiger charge is 2.34. The van der Waals surface area contributed by atoms with E-state index in [0.717, 1.165) is 20.0 Å². The molecule has 4 rings (SSSR count). The lowest BCUT2D eigenvalue weighted by Gasteiger charge is -2.10. The van der Waals surface area contributed by atoms with Crippen molar-refractivity contribution < 1.29 is 11.0 Å². The molecule has 0 bridgehead atoms. The number of imide groups is 1. The molecule has 0 saturated carbocycles. The average Bonchev–Trinajstić information content (AvgIpc) is 2.96. The van der Waals surface area contributed by atoms with Crippen molar-refractivity contribution >= 4 is 56.9 Å². The lowest BCUT2D eigenvalue weighted by atomic mass is 9.94. The van der Waals surface area contributed by atoms with Crippen LogP contribution in [0.15, 0.2) is 36.5 Å². The van der Waals surface area contributed by atoms with E-state index in [4.69, 9.17) is 11.6 Å². The van der Waals surface area contributed by atoms with E-state index in [1.807, 2.05) is 42.1 Å². The van der Waals surface area contributed by atoms with Gasteiger partial charge in [0.05, 0.1) is 16.6 Å². The molecular formula is C17H12ClIN2O2. The first-order valence-electron chi connectivity index (χ1n) is 6.91. The smallest absolute Gasteiger partial charge is 0.259 e. The van der Waals surface area contributed by atoms with Crippen LogP contribution < -0.4 is 5.32 Å². The van der Waals surface area contributed by atoms with E-state index in [2.05, 4.69) is 27.9 Å². The molecule has 0 fully saturated rings. The zero-order valence-corrected chi connectivity index (χ0v) is 14.9. The first kappa shape index (κ1) is 14.7. The van der Waals surface area contributed by atoms with Crippen LogP contribution in [-0.2, 0) is 7.05 Å². The summed E-state index contributed by atoms with van der Waals surface area (Å²) < 4.78 is 2.89. The predicted octanol–water partition coefficient (Wildman–Crippen LogP) is 4.23. The Morgan fingerprint density at radius 3 is 2.57 bits per heavy atom. The number of amides is 2. The van der Waals surface area contributed by atoms with Crippen LogP contribution in [0.1, 0.15) is 22.1 Å². The Morgan fingerprint density at radius 1 is 1.13 bits per heavy atom. The van der Waals surface area contributed by atoms with Crippen LogP contribution >= 0.6 is 34.2 Å². The summed E-state index contributed by atoms with van der Waals surface area (Å²) in [7, 11) is 1.92. The Balaban J connectivity index is 0.00000169. The summed E-state index contributed by atoms with van der Waals surface area (Å²) in [6.07, 6.45) is 1.94. The molecule has 1 aliphatic rings. The molecule has 2 heterocycles. The summed E-state index contributed by atoms with van der Waals surface area (Å²) in [5.74, 6) is -0.727. The van der Waals surface area contributed by atoms with Gasteiger partial charge in [-0.2, -0.15) is 0 Å². The van der Waals surface area contributed by atoms with E-state index in [-0.39, 0.29) is 13.2 Å². The molecular weight excluding hydrogens is 427 g/mol. The maximum atomic E-state index is 12.4. The van der Waals surface area contributed by atoms with Crippen LogP contribution in [-0.4, -0.2) is 16.4 Å². The maximum Gasteiger partial charge on any atom is 0.259 e. The number of nitrogens with zero attached hydrogens (tertiary/aromatic N) is 1. The van der Waals surface area contributed by atoms with Gasteiger partial charge in [-0.15, -0.1) is 0 Å². The standard InChI is InChI=1S/C17H10ClIN2O2.H2/c1-21-7-11(19)14-12(21)6-9(8-4-2-3-5-10(8)18)13-15(14)17(23)20-16(13)22;/h2-7H,1H3,(H,20,22,23);1H. The Bertz CT molecular complexity index is 1030. The number of fused-ring (bicyclic) bond motifs is 3. The van der Waals surface area contributed by atoms with E-state index < -0.39 is 0 Å². The van der Waals surface area contributed by atoms with E-state index in [9.17, 15) is 9.59 Å². The van der Waals surface area contributed by atoms with Gasteiger partial charge in [-0.1, -0.05) is 29.8 Å². The average molecular weight is 439 g/mol. The zero-order valence-electron chi connectivity index (χ0n) is 12.0. The summed E-state index contributed by atoms with van der Waals surface area (Å²) in [5.41, 5.74) is 3.16. The van der Waals surface area contributed by atoms with Gasteiger partial charge in [-0.05, 0) is 40.3 Å². The highest BCUT2D eigenvalue weighted by atomic mass is 127. The highest BCUT2D eigenvalue weighted by molar-refractivity contribution is 14.1. The Kier molecular flexibility index (Phi) is 3.24. The van der Waals surface area contributed by atoms with Crippen LogP contribution in [0, 0.1) is 3.57 Å². The van der Waals surface area contributed by atoms with Gasteiger partial charge in [-0.25, -0.2) is 0 Å².